The van der Waals surface area contributed by atoms with Gasteiger partial charge in [0.2, 0.25) is 0 Å². The Labute approximate surface area is 233 Å². The van der Waals surface area contributed by atoms with Crippen LogP contribution in [0.5, 0.6) is 0 Å². The molecule has 0 heterocycles. The molecule has 0 spiro atoms. The van der Waals surface area contributed by atoms with Crippen molar-refractivity contribution < 1.29 is 0 Å². The van der Waals surface area contributed by atoms with Crippen molar-refractivity contribution in [3.63, 3.8) is 0 Å². The lowest BCUT2D eigenvalue weighted by molar-refractivity contribution is 1.52. The van der Waals surface area contributed by atoms with Crippen LogP contribution in [0.2, 0.25) is 0 Å². The zero-order valence-electron chi connectivity index (χ0n) is 22.0. The van der Waals surface area contributed by atoms with E-state index in [-0.39, 0.29) is 0 Å². The highest BCUT2D eigenvalue weighted by atomic mass is 14.2. The van der Waals surface area contributed by atoms with Gasteiger partial charge in [-0.15, -0.1) is 0 Å². The minimum Gasteiger partial charge on any atom is -0.0622 e. The molecule has 0 nitrogen and oxygen atoms in total. The van der Waals surface area contributed by atoms with Crippen LogP contribution in [0.1, 0.15) is 22.3 Å². The summed E-state index contributed by atoms with van der Waals surface area (Å²) >= 11 is 0. The van der Waals surface area contributed by atoms with Crippen LogP contribution in [0.4, 0.5) is 0 Å². The third kappa shape index (κ3) is 3.61. The fraction of sp³-hybridized carbons (Fsp3) is 0. The van der Waals surface area contributed by atoms with Crippen LogP contribution in [-0.2, 0) is 0 Å². The molecule has 0 amide bonds. The number of benzene rings is 6. The van der Waals surface area contributed by atoms with E-state index in [0.717, 1.165) is 0 Å². The lowest BCUT2D eigenvalue weighted by Gasteiger charge is -2.10. The van der Waals surface area contributed by atoms with E-state index in [4.69, 9.17) is 0 Å². The minimum absolute atomic E-state index is 1.22. The summed E-state index contributed by atoms with van der Waals surface area (Å²) in [5, 5.41) is 10.5. The SMILES string of the molecule is c1ccc(C(c2ccccc2)=c2c3ccc(cc3)c3ccc2c2c(=C(c4ccccc4)c4ccccc4)c32)cc1. The Morgan fingerprint density at radius 3 is 1.07 bits per heavy atom. The normalized spacial score (nSPS) is 11.5. The lowest BCUT2D eigenvalue weighted by atomic mass is 9.93. The topological polar surface area (TPSA) is 0 Å². The molecular weight excluding hydrogens is 480 g/mol. The summed E-state index contributed by atoms with van der Waals surface area (Å²) in [6.45, 7) is 0. The second kappa shape index (κ2) is 9.22. The first-order valence-corrected chi connectivity index (χ1v) is 13.9. The van der Waals surface area contributed by atoms with E-state index < -0.39 is 0 Å². The van der Waals surface area contributed by atoms with Crippen molar-refractivity contribution in [2.45, 2.75) is 0 Å². The summed E-state index contributed by atoms with van der Waals surface area (Å²) < 4.78 is 0. The number of hydrogen-bond donors (Lipinski definition) is 0. The second-order valence-corrected chi connectivity index (χ2v) is 10.5. The first kappa shape index (κ1) is 22.8. The molecule has 40 heavy (non-hydrogen) atoms. The third-order valence-electron chi connectivity index (χ3n) is 8.15. The highest BCUT2D eigenvalue weighted by Crippen LogP contribution is 2.35. The molecule has 0 saturated heterocycles. The maximum Gasteiger partial charge on any atom is -0.000137 e. The fourth-order valence-corrected chi connectivity index (χ4v) is 6.34. The summed E-state index contributed by atoms with van der Waals surface area (Å²) in [4.78, 5) is 0. The van der Waals surface area contributed by atoms with Gasteiger partial charge in [0.05, 0.1) is 0 Å². The molecule has 11 aromatic rings. The summed E-state index contributed by atoms with van der Waals surface area (Å²) in [5.41, 5.74) is 7.52. The average Bonchev–Trinajstić information content (AvgIpc) is 3.73. The van der Waals surface area contributed by atoms with Gasteiger partial charge in [0.1, 0.15) is 0 Å². The van der Waals surface area contributed by atoms with Crippen molar-refractivity contribution in [2.75, 3.05) is 0 Å². The Morgan fingerprint density at radius 1 is 0.275 bits per heavy atom. The molecule has 0 saturated carbocycles. The van der Waals surface area contributed by atoms with Gasteiger partial charge in [-0.1, -0.05) is 158 Å². The molecule has 0 aliphatic rings. The Balaban J connectivity index is 1.65. The Morgan fingerprint density at radius 2 is 0.625 bits per heavy atom. The van der Waals surface area contributed by atoms with Crippen LogP contribution in [-0.4, -0.2) is 0 Å². The summed E-state index contributed by atoms with van der Waals surface area (Å²) in [6, 6.07) is 57.3. The molecule has 11 aromatic carbocycles. The van der Waals surface area contributed by atoms with E-state index >= 15 is 0 Å². The Kier molecular flexibility index (Phi) is 5.24. The van der Waals surface area contributed by atoms with Crippen LogP contribution in [0.3, 0.4) is 0 Å². The smallest absolute Gasteiger partial charge is 0.000137 e. The molecule has 0 aliphatic carbocycles. The number of rotatable bonds is 4. The van der Waals surface area contributed by atoms with Crippen LogP contribution in [0.25, 0.3) is 43.5 Å². The molecule has 186 valence electrons. The van der Waals surface area contributed by atoms with Crippen molar-refractivity contribution in [3.05, 3.63) is 190 Å². The van der Waals surface area contributed by atoms with Gasteiger partial charge in [0.15, 0.2) is 0 Å². The van der Waals surface area contributed by atoms with E-state index in [2.05, 4.69) is 158 Å². The average molecular weight is 507 g/mol. The predicted molar refractivity (Wildman–Crippen MR) is 170 cm³/mol. The monoisotopic (exact) mass is 506 g/mol. The van der Waals surface area contributed by atoms with Gasteiger partial charge in [-0.25, -0.2) is 0 Å². The Bertz CT molecular complexity index is 2110. The van der Waals surface area contributed by atoms with Crippen LogP contribution >= 0.6 is 0 Å². The second-order valence-electron chi connectivity index (χ2n) is 10.5. The van der Waals surface area contributed by atoms with Crippen molar-refractivity contribution >= 4 is 43.5 Å². The van der Waals surface area contributed by atoms with E-state index in [0.29, 0.717) is 0 Å². The molecule has 0 aliphatic heterocycles. The van der Waals surface area contributed by atoms with Crippen molar-refractivity contribution in [1.29, 1.82) is 0 Å². The first-order valence-electron chi connectivity index (χ1n) is 13.9. The third-order valence-corrected chi connectivity index (χ3v) is 8.15. The lowest BCUT2D eigenvalue weighted by Crippen LogP contribution is -2.10. The highest BCUT2D eigenvalue weighted by Gasteiger charge is 2.22. The van der Waals surface area contributed by atoms with Gasteiger partial charge >= 0.3 is 0 Å². The molecule has 0 aromatic heterocycles. The van der Waals surface area contributed by atoms with Gasteiger partial charge in [-0.2, -0.15) is 0 Å². The first-order chi connectivity index (χ1) is 19.9. The maximum atomic E-state index is 2.36. The van der Waals surface area contributed by atoms with Gasteiger partial charge < -0.3 is 0 Å². The number of hydrogen-bond acceptors (Lipinski definition) is 0. The summed E-state index contributed by atoms with van der Waals surface area (Å²) in [6.07, 6.45) is 0. The molecule has 0 unspecified atom stereocenters. The van der Waals surface area contributed by atoms with E-state index in [1.807, 2.05) is 0 Å². The standard InChI is InChI=1S/C40H26/c1-5-13-28(14-6-1)35(29-15-7-2-8-16-29)37-32-23-21-27(22-24-32)33-25-26-34(37)39-38(33)40(39)36(30-17-9-3-10-18-30)31-19-11-4-12-20-31/h1-26H. The molecule has 0 fully saturated rings. The van der Waals surface area contributed by atoms with Crippen LogP contribution < -0.4 is 10.4 Å². The summed E-state index contributed by atoms with van der Waals surface area (Å²) in [5.74, 6) is 0. The summed E-state index contributed by atoms with van der Waals surface area (Å²) in [7, 11) is 0. The van der Waals surface area contributed by atoms with Gasteiger partial charge in [-0.05, 0) is 76.2 Å². The highest BCUT2D eigenvalue weighted by molar-refractivity contribution is 6.26. The van der Waals surface area contributed by atoms with E-state index in [9.17, 15) is 0 Å². The van der Waals surface area contributed by atoms with Gasteiger partial charge in [0, 0.05) is 0 Å². The molecule has 4 bridgehead atoms. The fourth-order valence-electron chi connectivity index (χ4n) is 6.34. The molecule has 11 rings (SSSR count). The Hall–Kier alpha value is -5.20. The molecule has 0 atom stereocenters. The van der Waals surface area contributed by atoms with Crippen molar-refractivity contribution in [2.24, 2.45) is 0 Å². The molecular formula is C40H26. The van der Waals surface area contributed by atoms with Crippen molar-refractivity contribution in [3.8, 4) is 0 Å². The largest absolute Gasteiger partial charge is 0.0622 e. The van der Waals surface area contributed by atoms with E-state index in [1.54, 1.807) is 0 Å². The van der Waals surface area contributed by atoms with Gasteiger partial charge in [-0.3, -0.25) is 0 Å². The zero-order chi connectivity index (χ0) is 26.5. The van der Waals surface area contributed by atoms with Crippen LogP contribution in [0.15, 0.2) is 158 Å². The van der Waals surface area contributed by atoms with E-state index in [1.165, 1.54) is 76.2 Å². The van der Waals surface area contributed by atoms with Crippen molar-refractivity contribution in [1.82, 2.24) is 0 Å². The van der Waals surface area contributed by atoms with Crippen LogP contribution in [0, 0.1) is 0 Å². The zero-order valence-corrected chi connectivity index (χ0v) is 22.0. The molecule has 0 N–H and O–H groups in total. The molecule has 0 radical (unpaired) electrons. The predicted octanol–water partition coefficient (Wildman–Crippen LogP) is 8.52. The van der Waals surface area contributed by atoms with Gasteiger partial charge in [0.25, 0.3) is 0 Å². The minimum atomic E-state index is 1.22. The molecule has 0 heteroatoms. The quantitative estimate of drug-likeness (QED) is 0.224. The maximum absolute atomic E-state index is 2.36.